The van der Waals surface area contributed by atoms with E-state index < -0.39 is 6.04 Å². The Morgan fingerprint density at radius 2 is 1.92 bits per heavy atom. The molecule has 0 aromatic heterocycles. The molecule has 2 saturated heterocycles. The zero-order chi connectivity index (χ0) is 18.0. The van der Waals surface area contributed by atoms with Gasteiger partial charge in [0.1, 0.15) is 17.2 Å². The Kier molecular flexibility index (Phi) is 5.54. The third kappa shape index (κ3) is 3.77. The third-order valence-electron chi connectivity index (χ3n) is 5.01. The van der Waals surface area contributed by atoms with E-state index in [0.29, 0.717) is 5.75 Å². The molecule has 0 aliphatic carbocycles. The molecule has 2 heterocycles. The summed E-state index contributed by atoms with van der Waals surface area (Å²) in [5.41, 5.74) is 1.03. The van der Waals surface area contributed by atoms with E-state index in [1.54, 1.807) is 23.8 Å². The summed E-state index contributed by atoms with van der Waals surface area (Å²) in [5, 5.41) is -0.115. The number of carbonyl (C=O) groups excluding carboxylic acids is 2. The Balaban J connectivity index is 1.75. The van der Waals surface area contributed by atoms with E-state index in [9.17, 15) is 9.59 Å². The molecule has 136 valence electrons. The second-order valence-corrected chi connectivity index (χ2v) is 7.76. The van der Waals surface area contributed by atoms with E-state index in [1.165, 1.54) is 4.90 Å². The van der Waals surface area contributed by atoms with Crippen molar-refractivity contribution in [3.8, 4) is 5.75 Å². The molecule has 2 amide bonds. The number of amides is 2. The van der Waals surface area contributed by atoms with Gasteiger partial charge in [0.05, 0.1) is 46.1 Å². The molecule has 6 nitrogen and oxygen atoms in total. The van der Waals surface area contributed by atoms with Crippen LogP contribution >= 0.6 is 11.8 Å². The number of carbonyl (C=O) groups is 2. The minimum absolute atomic E-state index is 0.0337. The standard InChI is InChI=1S/C18H25N3O3S/c1-13(17(23)20-10-8-19(2)9-11-20)21-16(22)12-25-18(21)14-4-6-15(24-3)7-5-14/h4-7,13,18H,8-12H2,1-3H3/p+1/t13-,18+/m1/s1. The van der Waals surface area contributed by atoms with Crippen molar-refractivity contribution in [1.82, 2.24) is 9.80 Å². The van der Waals surface area contributed by atoms with Crippen LogP contribution in [0.3, 0.4) is 0 Å². The molecule has 1 aromatic carbocycles. The first-order valence-corrected chi connectivity index (χ1v) is 9.73. The first-order valence-electron chi connectivity index (χ1n) is 8.68. The Hall–Kier alpha value is -1.73. The summed E-state index contributed by atoms with van der Waals surface area (Å²) in [6.45, 7) is 5.30. The largest absolute Gasteiger partial charge is 0.497 e. The van der Waals surface area contributed by atoms with Gasteiger partial charge in [-0.3, -0.25) is 9.59 Å². The van der Waals surface area contributed by atoms with E-state index in [2.05, 4.69) is 7.05 Å². The molecule has 0 unspecified atom stereocenters. The topological polar surface area (TPSA) is 54.3 Å². The molecule has 0 spiro atoms. The predicted octanol–water partition coefficient (Wildman–Crippen LogP) is 0.0146. The Bertz CT molecular complexity index is 629. The van der Waals surface area contributed by atoms with Crippen LogP contribution in [0, 0.1) is 0 Å². The second-order valence-electron chi connectivity index (χ2n) is 6.70. The lowest BCUT2D eigenvalue weighted by atomic mass is 10.1. The summed E-state index contributed by atoms with van der Waals surface area (Å²) in [7, 11) is 3.78. The lowest BCUT2D eigenvalue weighted by Crippen LogP contribution is -3.12. The molecule has 2 fully saturated rings. The summed E-state index contributed by atoms with van der Waals surface area (Å²) >= 11 is 1.58. The van der Waals surface area contributed by atoms with Gasteiger partial charge in [-0.05, 0) is 24.6 Å². The van der Waals surface area contributed by atoms with Crippen molar-refractivity contribution in [2.45, 2.75) is 18.3 Å². The Morgan fingerprint density at radius 1 is 1.28 bits per heavy atom. The van der Waals surface area contributed by atoms with Gasteiger partial charge in [0.15, 0.2) is 0 Å². The molecule has 2 atom stereocenters. The summed E-state index contributed by atoms with van der Waals surface area (Å²) < 4.78 is 5.20. The molecule has 0 radical (unpaired) electrons. The monoisotopic (exact) mass is 364 g/mol. The lowest BCUT2D eigenvalue weighted by Gasteiger charge is -2.36. The smallest absolute Gasteiger partial charge is 0.245 e. The van der Waals surface area contributed by atoms with Crippen LogP contribution < -0.4 is 9.64 Å². The van der Waals surface area contributed by atoms with Crippen molar-refractivity contribution in [3.63, 3.8) is 0 Å². The third-order valence-corrected chi connectivity index (χ3v) is 6.24. The van der Waals surface area contributed by atoms with E-state index in [0.717, 1.165) is 37.5 Å². The molecule has 1 N–H and O–H groups in total. The number of methoxy groups -OCH3 is 1. The normalized spacial score (nSPS) is 23.0. The molecule has 2 aliphatic rings. The summed E-state index contributed by atoms with van der Waals surface area (Å²) in [6.07, 6.45) is 0. The fourth-order valence-corrected chi connectivity index (χ4v) is 4.63. The van der Waals surface area contributed by atoms with Crippen LogP contribution in [0.25, 0.3) is 0 Å². The molecule has 3 rings (SSSR count). The minimum Gasteiger partial charge on any atom is -0.497 e. The molecule has 25 heavy (non-hydrogen) atoms. The van der Waals surface area contributed by atoms with Crippen molar-refractivity contribution in [2.75, 3.05) is 46.1 Å². The summed E-state index contributed by atoms with van der Waals surface area (Å²) in [5.74, 6) is 1.29. The fraction of sp³-hybridized carbons (Fsp3) is 0.556. The van der Waals surface area contributed by atoms with Crippen molar-refractivity contribution in [1.29, 1.82) is 0 Å². The van der Waals surface area contributed by atoms with Crippen molar-refractivity contribution >= 4 is 23.6 Å². The molecule has 7 heteroatoms. The van der Waals surface area contributed by atoms with E-state index >= 15 is 0 Å². The summed E-state index contributed by atoms with van der Waals surface area (Å²) in [4.78, 5) is 30.5. The Morgan fingerprint density at radius 3 is 2.52 bits per heavy atom. The number of hydrogen-bond donors (Lipinski definition) is 1. The highest BCUT2D eigenvalue weighted by Crippen LogP contribution is 2.40. The van der Waals surface area contributed by atoms with Gasteiger partial charge >= 0.3 is 0 Å². The number of rotatable bonds is 4. The van der Waals surface area contributed by atoms with E-state index in [-0.39, 0.29) is 17.2 Å². The number of likely N-dealkylation sites (N-methyl/N-ethyl adjacent to an activating group) is 1. The van der Waals surface area contributed by atoms with Gasteiger partial charge in [-0.2, -0.15) is 0 Å². The second kappa shape index (κ2) is 7.66. The van der Waals surface area contributed by atoms with Crippen LogP contribution in [-0.4, -0.2) is 73.7 Å². The number of hydrogen-bond acceptors (Lipinski definition) is 4. The van der Waals surface area contributed by atoms with E-state index in [1.807, 2.05) is 36.1 Å². The lowest BCUT2D eigenvalue weighted by molar-refractivity contribution is -0.883. The molecular formula is C18H26N3O3S+. The van der Waals surface area contributed by atoms with Crippen LogP contribution in [0.2, 0.25) is 0 Å². The molecule has 0 saturated carbocycles. The quantitative estimate of drug-likeness (QED) is 0.818. The van der Waals surface area contributed by atoms with Crippen LogP contribution in [0.1, 0.15) is 17.9 Å². The van der Waals surface area contributed by atoms with Crippen molar-refractivity contribution in [2.24, 2.45) is 0 Å². The first kappa shape index (κ1) is 18.1. The van der Waals surface area contributed by atoms with Gasteiger partial charge in [-0.1, -0.05) is 12.1 Å². The number of nitrogens with zero attached hydrogens (tertiary/aromatic N) is 2. The highest BCUT2D eigenvalue weighted by molar-refractivity contribution is 8.00. The van der Waals surface area contributed by atoms with E-state index in [4.69, 9.17) is 4.74 Å². The number of benzene rings is 1. The maximum atomic E-state index is 12.9. The number of ether oxygens (including phenoxy) is 1. The number of quaternary nitrogens is 1. The highest BCUT2D eigenvalue weighted by atomic mass is 32.2. The van der Waals surface area contributed by atoms with Crippen LogP contribution in [-0.2, 0) is 9.59 Å². The van der Waals surface area contributed by atoms with Gasteiger partial charge in [0, 0.05) is 0 Å². The zero-order valence-electron chi connectivity index (χ0n) is 15.0. The van der Waals surface area contributed by atoms with Crippen LogP contribution in [0.5, 0.6) is 5.75 Å². The molecule has 2 aliphatic heterocycles. The maximum absolute atomic E-state index is 12.9. The van der Waals surface area contributed by atoms with Gasteiger partial charge in [-0.25, -0.2) is 0 Å². The molecule has 0 bridgehead atoms. The fourth-order valence-electron chi connectivity index (χ4n) is 3.37. The van der Waals surface area contributed by atoms with Gasteiger partial charge in [-0.15, -0.1) is 11.8 Å². The van der Waals surface area contributed by atoms with Crippen molar-refractivity contribution < 1.29 is 19.2 Å². The molecular weight excluding hydrogens is 338 g/mol. The van der Waals surface area contributed by atoms with Crippen LogP contribution in [0.15, 0.2) is 24.3 Å². The highest BCUT2D eigenvalue weighted by Gasteiger charge is 2.40. The minimum atomic E-state index is -0.437. The maximum Gasteiger partial charge on any atom is 0.245 e. The van der Waals surface area contributed by atoms with Crippen molar-refractivity contribution in [3.05, 3.63) is 29.8 Å². The average Bonchev–Trinajstić information content (AvgIpc) is 3.02. The van der Waals surface area contributed by atoms with Gasteiger partial charge in [0.2, 0.25) is 11.8 Å². The molecule has 1 aromatic rings. The number of piperazine rings is 1. The first-order chi connectivity index (χ1) is 12.0. The predicted molar refractivity (Wildman–Crippen MR) is 97.7 cm³/mol. The SMILES string of the molecule is COc1ccc([C@@H]2SCC(=O)N2[C@H](C)C(=O)N2CC[NH+](C)CC2)cc1. The van der Waals surface area contributed by atoms with Gasteiger partial charge < -0.3 is 19.4 Å². The van der Waals surface area contributed by atoms with Crippen LogP contribution in [0.4, 0.5) is 0 Å². The zero-order valence-corrected chi connectivity index (χ0v) is 15.8. The number of thioether (sulfide) groups is 1. The Labute approximate surface area is 153 Å². The average molecular weight is 364 g/mol. The number of nitrogens with one attached hydrogen (secondary N) is 1. The van der Waals surface area contributed by atoms with Gasteiger partial charge in [0.25, 0.3) is 0 Å². The summed E-state index contributed by atoms with van der Waals surface area (Å²) in [6, 6.07) is 7.30.